The summed E-state index contributed by atoms with van der Waals surface area (Å²) in [4.78, 5) is 29.2. The molecule has 1 aromatic heterocycles. The van der Waals surface area contributed by atoms with Crippen molar-refractivity contribution in [3.63, 3.8) is 0 Å². The Morgan fingerprint density at radius 3 is 2.83 bits per heavy atom. The molecule has 3 heterocycles. The van der Waals surface area contributed by atoms with Crippen LogP contribution in [0.1, 0.15) is 30.6 Å². The lowest BCUT2D eigenvalue weighted by Gasteiger charge is -2.38. The highest BCUT2D eigenvalue weighted by molar-refractivity contribution is 5.93. The molecule has 6 nitrogen and oxygen atoms in total. The van der Waals surface area contributed by atoms with Crippen molar-refractivity contribution in [3.05, 3.63) is 34.2 Å². The first-order valence-corrected chi connectivity index (χ1v) is 8.78. The number of nitrogens with zero attached hydrogens (tertiary/aromatic N) is 3. The van der Waals surface area contributed by atoms with Gasteiger partial charge in [0.25, 0.3) is 11.5 Å². The van der Waals surface area contributed by atoms with E-state index in [1.54, 1.807) is 30.3 Å². The lowest BCUT2D eigenvalue weighted by Crippen LogP contribution is -2.50. The maximum absolute atomic E-state index is 12.8. The number of hydrogen-bond acceptors (Lipinski definition) is 4. The Balaban J connectivity index is 1.72. The van der Waals surface area contributed by atoms with Gasteiger partial charge in [-0.2, -0.15) is 0 Å². The van der Waals surface area contributed by atoms with Crippen LogP contribution in [0.4, 0.5) is 0 Å². The number of carbonyl (C=O) groups excluding carboxylic acids is 1. The summed E-state index contributed by atoms with van der Waals surface area (Å²) in [7, 11) is 1.67. The van der Waals surface area contributed by atoms with Crippen LogP contribution < -0.4 is 5.56 Å². The van der Waals surface area contributed by atoms with Crippen LogP contribution in [-0.4, -0.2) is 65.2 Å². The van der Waals surface area contributed by atoms with Gasteiger partial charge in [-0.15, -0.1) is 0 Å². The van der Waals surface area contributed by atoms with Crippen molar-refractivity contribution in [1.29, 1.82) is 0 Å². The number of pyridine rings is 1. The van der Waals surface area contributed by atoms with E-state index < -0.39 is 0 Å². The van der Waals surface area contributed by atoms with E-state index in [1.807, 2.05) is 0 Å². The number of aromatic nitrogens is 1. The summed E-state index contributed by atoms with van der Waals surface area (Å²) in [5.74, 6) is 0.278. The number of aryl methyl sites for hydroxylation is 1. The summed E-state index contributed by atoms with van der Waals surface area (Å²) in [5, 5.41) is 0. The molecule has 0 radical (unpaired) electrons. The van der Waals surface area contributed by atoms with E-state index in [4.69, 9.17) is 4.74 Å². The predicted octanol–water partition coefficient (Wildman–Crippen LogP) is 0.957. The molecule has 1 amide bonds. The van der Waals surface area contributed by atoms with Gasteiger partial charge in [0.2, 0.25) is 0 Å². The van der Waals surface area contributed by atoms with E-state index in [1.165, 1.54) is 4.57 Å². The van der Waals surface area contributed by atoms with Crippen molar-refractivity contribution in [2.24, 2.45) is 13.0 Å². The third kappa shape index (κ3) is 3.39. The fourth-order valence-corrected chi connectivity index (χ4v) is 3.66. The summed E-state index contributed by atoms with van der Waals surface area (Å²) in [6, 6.07) is 3.87. The predicted molar refractivity (Wildman–Crippen MR) is 92.1 cm³/mol. The molecule has 2 saturated heterocycles. The second-order valence-electron chi connectivity index (χ2n) is 7.14. The maximum atomic E-state index is 12.8. The van der Waals surface area contributed by atoms with Gasteiger partial charge >= 0.3 is 0 Å². The first-order chi connectivity index (χ1) is 11.5. The molecule has 2 fully saturated rings. The highest BCUT2D eigenvalue weighted by atomic mass is 16.5. The minimum absolute atomic E-state index is 0.0685. The first-order valence-electron chi connectivity index (χ1n) is 8.78. The smallest absolute Gasteiger partial charge is 0.263 e. The summed E-state index contributed by atoms with van der Waals surface area (Å²) in [6.45, 7) is 8.36. The quantitative estimate of drug-likeness (QED) is 0.809. The van der Waals surface area contributed by atoms with Gasteiger partial charge in [0.05, 0.1) is 12.7 Å². The van der Waals surface area contributed by atoms with Gasteiger partial charge in [0.1, 0.15) is 5.56 Å². The number of rotatable bonds is 2. The van der Waals surface area contributed by atoms with Crippen LogP contribution >= 0.6 is 0 Å². The molecule has 6 heteroatoms. The Morgan fingerprint density at radius 1 is 1.29 bits per heavy atom. The molecule has 24 heavy (non-hydrogen) atoms. The number of likely N-dealkylation sites (tertiary alicyclic amines) is 1. The van der Waals surface area contributed by atoms with Gasteiger partial charge in [0.15, 0.2) is 0 Å². The van der Waals surface area contributed by atoms with E-state index in [2.05, 4.69) is 18.7 Å². The second kappa shape index (κ2) is 7.07. The van der Waals surface area contributed by atoms with Crippen LogP contribution in [0.2, 0.25) is 0 Å². The molecule has 0 aliphatic carbocycles. The van der Waals surface area contributed by atoms with Gasteiger partial charge in [0, 0.05) is 51.4 Å². The SMILES string of the molecule is CC(C)N1CCOC2CN(C(=O)c3cccn(C)c3=O)CCC2C1. The van der Waals surface area contributed by atoms with Crippen LogP contribution in [0.3, 0.4) is 0 Å². The van der Waals surface area contributed by atoms with E-state index in [9.17, 15) is 9.59 Å². The highest BCUT2D eigenvalue weighted by Gasteiger charge is 2.36. The number of carbonyl (C=O) groups is 1. The highest BCUT2D eigenvalue weighted by Crippen LogP contribution is 2.25. The maximum Gasteiger partial charge on any atom is 0.263 e. The number of amides is 1. The van der Waals surface area contributed by atoms with Crippen molar-refractivity contribution in [2.45, 2.75) is 32.4 Å². The zero-order valence-electron chi connectivity index (χ0n) is 14.8. The molecule has 0 N–H and O–H groups in total. The topological polar surface area (TPSA) is 54.8 Å². The Hall–Kier alpha value is -1.66. The summed E-state index contributed by atoms with van der Waals surface area (Å²) in [5.41, 5.74) is 0.00766. The Morgan fingerprint density at radius 2 is 2.08 bits per heavy atom. The molecule has 2 aliphatic rings. The molecule has 2 unspecified atom stereocenters. The summed E-state index contributed by atoms with van der Waals surface area (Å²) in [6.07, 6.45) is 2.66. The van der Waals surface area contributed by atoms with Crippen molar-refractivity contribution in [2.75, 3.05) is 32.8 Å². The molecule has 2 aliphatic heterocycles. The average molecular weight is 333 g/mol. The van der Waals surface area contributed by atoms with Crippen LogP contribution in [0.5, 0.6) is 0 Å². The monoisotopic (exact) mass is 333 g/mol. The van der Waals surface area contributed by atoms with Gasteiger partial charge in [-0.05, 0) is 32.4 Å². The fraction of sp³-hybridized carbons (Fsp3) is 0.667. The van der Waals surface area contributed by atoms with Gasteiger partial charge < -0.3 is 14.2 Å². The van der Waals surface area contributed by atoms with Gasteiger partial charge in [-0.1, -0.05) is 0 Å². The molecular formula is C18H27N3O3. The van der Waals surface area contributed by atoms with Crippen LogP contribution in [0.15, 0.2) is 23.1 Å². The molecule has 1 aromatic rings. The lowest BCUT2D eigenvalue weighted by atomic mass is 9.92. The third-order valence-electron chi connectivity index (χ3n) is 5.25. The van der Waals surface area contributed by atoms with E-state index in [-0.39, 0.29) is 23.1 Å². The largest absolute Gasteiger partial charge is 0.375 e. The van der Waals surface area contributed by atoms with Crippen molar-refractivity contribution < 1.29 is 9.53 Å². The van der Waals surface area contributed by atoms with Gasteiger partial charge in [-0.3, -0.25) is 14.5 Å². The fourth-order valence-electron chi connectivity index (χ4n) is 3.66. The Bertz CT molecular complexity index is 655. The van der Waals surface area contributed by atoms with Crippen molar-refractivity contribution >= 4 is 5.91 Å². The van der Waals surface area contributed by atoms with Crippen molar-refractivity contribution in [3.8, 4) is 0 Å². The van der Waals surface area contributed by atoms with Crippen LogP contribution in [0, 0.1) is 5.92 Å². The molecule has 0 saturated carbocycles. The average Bonchev–Trinajstić information content (AvgIpc) is 2.78. The number of hydrogen-bond donors (Lipinski definition) is 0. The van der Waals surface area contributed by atoms with Crippen LogP contribution in [0.25, 0.3) is 0 Å². The normalized spacial score (nSPS) is 25.4. The summed E-state index contributed by atoms with van der Waals surface area (Å²) >= 11 is 0. The molecule has 3 rings (SSSR count). The number of piperidine rings is 1. The van der Waals surface area contributed by atoms with E-state index >= 15 is 0 Å². The standard InChI is InChI=1S/C18H27N3O3/c1-13(2)20-9-10-24-16-12-21(8-6-14(16)11-20)18(23)15-5-4-7-19(3)17(15)22/h4-5,7,13-14,16H,6,8-12H2,1-3H3. The molecule has 0 spiro atoms. The molecule has 2 atom stereocenters. The number of fused-ring (bicyclic) bond motifs is 1. The molecule has 0 aromatic carbocycles. The minimum Gasteiger partial charge on any atom is -0.375 e. The van der Waals surface area contributed by atoms with Crippen molar-refractivity contribution in [1.82, 2.24) is 14.4 Å². The summed E-state index contributed by atoms with van der Waals surface area (Å²) < 4.78 is 7.49. The Labute approximate surface area is 143 Å². The Kier molecular flexibility index (Phi) is 5.06. The first kappa shape index (κ1) is 17.2. The molecule has 132 valence electrons. The third-order valence-corrected chi connectivity index (χ3v) is 5.25. The van der Waals surface area contributed by atoms with E-state index in [0.717, 1.165) is 19.5 Å². The lowest BCUT2D eigenvalue weighted by molar-refractivity contribution is -0.0172. The molecular weight excluding hydrogens is 306 g/mol. The number of ether oxygens (including phenoxy) is 1. The molecule has 0 bridgehead atoms. The zero-order chi connectivity index (χ0) is 17.3. The zero-order valence-corrected chi connectivity index (χ0v) is 14.8. The van der Waals surface area contributed by atoms with Crippen LogP contribution in [-0.2, 0) is 11.8 Å². The second-order valence-corrected chi connectivity index (χ2v) is 7.14. The minimum atomic E-state index is -0.239. The van der Waals surface area contributed by atoms with E-state index in [0.29, 0.717) is 31.7 Å². The van der Waals surface area contributed by atoms with Gasteiger partial charge in [-0.25, -0.2) is 0 Å².